The van der Waals surface area contributed by atoms with E-state index in [0.29, 0.717) is 17.4 Å². The van der Waals surface area contributed by atoms with Crippen molar-refractivity contribution >= 4 is 23.5 Å². The van der Waals surface area contributed by atoms with Crippen LogP contribution < -0.4 is 16.0 Å². The van der Waals surface area contributed by atoms with Crippen molar-refractivity contribution in [2.75, 3.05) is 49.7 Å². The van der Waals surface area contributed by atoms with Gasteiger partial charge in [0.2, 0.25) is 0 Å². The molecule has 1 saturated carbocycles. The monoisotopic (exact) mass is 521 g/mol. The Morgan fingerprint density at radius 3 is 2.22 bits per heavy atom. The number of halogens is 1. The Hall–Kier alpha value is -3.06. The van der Waals surface area contributed by atoms with Gasteiger partial charge in [-0.1, -0.05) is 37.3 Å². The van der Waals surface area contributed by atoms with E-state index in [1.165, 1.54) is 49.9 Å². The van der Waals surface area contributed by atoms with Gasteiger partial charge in [-0.2, -0.15) is 5.26 Å². The van der Waals surface area contributed by atoms with E-state index in [1.807, 2.05) is 24.3 Å². The van der Waals surface area contributed by atoms with E-state index < -0.39 is 5.82 Å². The van der Waals surface area contributed by atoms with Crippen molar-refractivity contribution in [3.05, 3.63) is 59.9 Å². The standard InChI is InChI=1S/C22H23FN6S.C6H13N/c1-25-22-14-21(16-3-4-17(15-24)20(23)13-16)29(26-22)19-7-5-18(6-8-19)27-9-11-28(30-2)12-10-27;7-6-4-2-1-3-5-6/h3-8,13-14H,9-12H2,1-2H3,(H,25,26);6H,1-5,7H2. The number of benzene rings is 2. The summed E-state index contributed by atoms with van der Waals surface area (Å²) in [4.78, 5) is 2.38. The molecule has 1 saturated heterocycles. The van der Waals surface area contributed by atoms with Crippen LogP contribution >= 0.6 is 11.9 Å². The highest BCUT2D eigenvalue weighted by Gasteiger charge is 2.17. The average molecular weight is 522 g/mol. The molecule has 1 aromatic heterocycles. The van der Waals surface area contributed by atoms with Crippen LogP contribution in [0.1, 0.15) is 37.7 Å². The average Bonchev–Trinajstić information content (AvgIpc) is 3.39. The Bertz CT molecular complexity index is 1190. The molecule has 5 rings (SSSR count). The molecule has 0 atom stereocenters. The van der Waals surface area contributed by atoms with E-state index in [1.54, 1.807) is 29.7 Å². The van der Waals surface area contributed by atoms with E-state index in [4.69, 9.17) is 11.0 Å². The fraction of sp³-hybridized carbons (Fsp3) is 0.429. The van der Waals surface area contributed by atoms with Gasteiger partial charge in [-0.25, -0.2) is 13.4 Å². The quantitative estimate of drug-likeness (QED) is 0.443. The third-order valence-corrected chi connectivity index (χ3v) is 7.84. The zero-order valence-electron chi connectivity index (χ0n) is 21.7. The molecule has 0 spiro atoms. The first-order valence-electron chi connectivity index (χ1n) is 12.9. The molecule has 0 unspecified atom stereocenters. The lowest BCUT2D eigenvalue weighted by Gasteiger charge is -2.34. The van der Waals surface area contributed by atoms with E-state index >= 15 is 0 Å². The number of piperazine rings is 1. The van der Waals surface area contributed by atoms with Crippen molar-refractivity contribution in [1.29, 1.82) is 5.26 Å². The van der Waals surface area contributed by atoms with Crippen molar-refractivity contribution < 1.29 is 4.39 Å². The van der Waals surface area contributed by atoms with Crippen LogP contribution in [0.4, 0.5) is 15.9 Å². The molecular formula is C28H36FN7S. The van der Waals surface area contributed by atoms with Crippen molar-refractivity contribution in [3.63, 3.8) is 0 Å². The summed E-state index contributed by atoms with van der Waals surface area (Å²) in [5.41, 5.74) is 9.16. The van der Waals surface area contributed by atoms with Gasteiger partial charge in [0.15, 0.2) is 0 Å². The molecule has 3 N–H and O–H groups in total. The lowest BCUT2D eigenvalue weighted by molar-refractivity contribution is 0.431. The molecule has 37 heavy (non-hydrogen) atoms. The molecule has 1 aliphatic heterocycles. The molecule has 2 fully saturated rings. The van der Waals surface area contributed by atoms with Crippen molar-refractivity contribution in [2.24, 2.45) is 5.73 Å². The third-order valence-electron chi connectivity index (χ3n) is 6.96. The molecule has 9 heteroatoms. The normalized spacial score (nSPS) is 16.6. The van der Waals surface area contributed by atoms with Crippen LogP contribution in [0.15, 0.2) is 48.5 Å². The number of nitrogens with zero attached hydrogens (tertiary/aromatic N) is 5. The number of nitriles is 1. The molecule has 3 aromatic rings. The zero-order valence-corrected chi connectivity index (χ0v) is 22.5. The highest BCUT2D eigenvalue weighted by Crippen LogP contribution is 2.29. The Morgan fingerprint density at radius 2 is 1.68 bits per heavy atom. The Labute approximate surface area is 223 Å². The smallest absolute Gasteiger partial charge is 0.148 e. The summed E-state index contributed by atoms with van der Waals surface area (Å²) >= 11 is 1.79. The van der Waals surface area contributed by atoms with Gasteiger partial charge in [0.1, 0.15) is 17.7 Å². The summed E-state index contributed by atoms with van der Waals surface area (Å²) in [6, 6.07) is 17.2. The van der Waals surface area contributed by atoms with Gasteiger partial charge >= 0.3 is 0 Å². The largest absolute Gasteiger partial charge is 0.372 e. The Balaban J connectivity index is 0.000000396. The Morgan fingerprint density at radius 1 is 1.00 bits per heavy atom. The van der Waals surface area contributed by atoms with Gasteiger partial charge in [0, 0.05) is 56.6 Å². The summed E-state index contributed by atoms with van der Waals surface area (Å²) in [6.07, 6.45) is 8.78. The van der Waals surface area contributed by atoms with Crippen molar-refractivity contribution in [3.8, 4) is 23.0 Å². The third kappa shape index (κ3) is 6.83. The van der Waals surface area contributed by atoms with Crippen LogP contribution in [-0.2, 0) is 0 Å². The zero-order chi connectivity index (χ0) is 26.2. The van der Waals surface area contributed by atoms with Crippen LogP contribution in [-0.4, -0.2) is 59.6 Å². The molecule has 7 nitrogen and oxygen atoms in total. The van der Waals surface area contributed by atoms with Gasteiger partial charge in [-0.05, 0) is 55.5 Å². The Kier molecular flexibility index (Phi) is 9.45. The molecular weight excluding hydrogens is 485 g/mol. The van der Waals surface area contributed by atoms with Crippen LogP contribution in [0.3, 0.4) is 0 Å². The highest BCUT2D eigenvalue weighted by molar-refractivity contribution is 7.96. The summed E-state index contributed by atoms with van der Waals surface area (Å²) < 4.78 is 18.4. The first kappa shape index (κ1) is 27.0. The van der Waals surface area contributed by atoms with Gasteiger partial charge in [-0.15, -0.1) is 5.10 Å². The SMILES string of the molecule is CNc1cc(-c2ccc(C#N)c(F)c2)n(-c2ccc(N3CCN(SC)CC3)cc2)n1.NC1CCCCC1. The van der Waals surface area contributed by atoms with E-state index in [2.05, 4.69) is 38.0 Å². The minimum Gasteiger partial charge on any atom is -0.372 e. The van der Waals surface area contributed by atoms with Crippen LogP contribution in [0.5, 0.6) is 0 Å². The van der Waals surface area contributed by atoms with E-state index in [9.17, 15) is 4.39 Å². The molecule has 2 heterocycles. The molecule has 2 aliphatic rings. The fourth-order valence-corrected chi connectivity index (χ4v) is 5.27. The molecule has 0 amide bonds. The van der Waals surface area contributed by atoms with Gasteiger partial charge in [-0.3, -0.25) is 0 Å². The number of anilines is 2. The molecule has 0 radical (unpaired) electrons. The number of hydrogen-bond acceptors (Lipinski definition) is 7. The minimum absolute atomic E-state index is 0.0320. The van der Waals surface area contributed by atoms with Gasteiger partial charge < -0.3 is 16.0 Å². The summed E-state index contributed by atoms with van der Waals surface area (Å²) in [6.45, 7) is 4.09. The molecule has 196 valence electrons. The second-order valence-corrected chi connectivity index (χ2v) is 10.3. The van der Waals surface area contributed by atoms with Gasteiger partial charge in [0.05, 0.1) is 16.9 Å². The number of aromatic nitrogens is 2. The van der Waals surface area contributed by atoms with Gasteiger partial charge in [0.25, 0.3) is 0 Å². The van der Waals surface area contributed by atoms with E-state index in [-0.39, 0.29) is 5.56 Å². The second-order valence-electron chi connectivity index (χ2n) is 9.40. The number of hydrogen-bond donors (Lipinski definition) is 2. The summed E-state index contributed by atoms with van der Waals surface area (Å²) in [7, 11) is 1.80. The summed E-state index contributed by atoms with van der Waals surface area (Å²) in [5.74, 6) is 0.153. The lowest BCUT2D eigenvalue weighted by atomic mass is 9.97. The van der Waals surface area contributed by atoms with Crippen molar-refractivity contribution in [2.45, 2.75) is 38.1 Å². The molecule has 1 aliphatic carbocycles. The van der Waals surface area contributed by atoms with Crippen LogP contribution in [0, 0.1) is 17.1 Å². The topological polar surface area (TPSA) is 86.1 Å². The second kappa shape index (κ2) is 13.0. The molecule has 2 aromatic carbocycles. The predicted octanol–water partition coefficient (Wildman–Crippen LogP) is 5.27. The van der Waals surface area contributed by atoms with Crippen molar-refractivity contribution in [1.82, 2.24) is 14.1 Å². The number of rotatable bonds is 5. The predicted molar refractivity (Wildman–Crippen MR) is 152 cm³/mol. The first-order chi connectivity index (χ1) is 18.0. The maximum atomic E-state index is 14.2. The van der Waals surface area contributed by atoms with Crippen LogP contribution in [0.2, 0.25) is 0 Å². The fourth-order valence-electron chi connectivity index (χ4n) is 4.74. The number of nitrogens with two attached hydrogens (primary N) is 1. The summed E-state index contributed by atoms with van der Waals surface area (Å²) in [5, 5.41) is 16.6. The first-order valence-corrected chi connectivity index (χ1v) is 14.1. The highest BCUT2D eigenvalue weighted by atomic mass is 32.2. The minimum atomic E-state index is -0.534. The maximum Gasteiger partial charge on any atom is 0.148 e. The maximum absolute atomic E-state index is 14.2. The van der Waals surface area contributed by atoms with E-state index in [0.717, 1.165) is 37.6 Å². The lowest BCUT2D eigenvalue weighted by Crippen LogP contribution is -2.43. The molecule has 0 bridgehead atoms. The van der Waals surface area contributed by atoms with Crippen LogP contribution in [0.25, 0.3) is 16.9 Å². The number of nitrogens with one attached hydrogen (secondary N) is 1.